The number of aromatic nitrogens is 3. The quantitative estimate of drug-likeness (QED) is 0.743. The van der Waals surface area contributed by atoms with Gasteiger partial charge in [0.05, 0.1) is 12.2 Å². The van der Waals surface area contributed by atoms with E-state index in [9.17, 15) is 9.59 Å². The van der Waals surface area contributed by atoms with Crippen molar-refractivity contribution >= 4 is 23.4 Å². The molecule has 164 valence electrons. The van der Waals surface area contributed by atoms with Crippen molar-refractivity contribution in [3.63, 3.8) is 0 Å². The third-order valence-corrected chi connectivity index (χ3v) is 7.56. The van der Waals surface area contributed by atoms with E-state index in [1.54, 1.807) is 24.3 Å². The van der Waals surface area contributed by atoms with E-state index in [-0.39, 0.29) is 17.9 Å². The van der Waals surface area contributed by atoms with Crippen LogP contribution < -0.4 is 5.32 Å². The molecule has 5 rings (SSSR count). The average molecular weight is 442 g/mol. The van der Waals surface area contributed by atoms with E-state index in [4.69, 9.17) is 11.6 Å². The van der Waals surface area contributed by atoms with Gasteiger partial charge < -0.3 is 10.2 Å². The van der Waals surface area contributed by atoms with Gasteiger partial charge in [-0.3, -0.25) is 9.59 Å². The Morgan fingerprint density at radius 1 is 1.16 bits per heavy atom. The Hall–Kier alpha value is -2.41. The van der Waals surface area contributed by atoms with Gasteiger partial charge in [-0.15, -0.1) is 5.10 Å². The van der Waals surface area contributed by atoms with Crippen LogP contribution in [-0.2, 0) is 0 Å². The molecule has 2 aromatic rings. The van der Waals surface area contributed by atoms with Crippen molar-refractivity contribution in [2.75, 3.05) is 13.1 Å². The molecule has 1 N–H and O–H groups in total. The summed E-state index contributed by atoms with van der Waals surface area (Å²) in [7, 11) is 0. The number of nitrogens with zero attached hydrogens (tertiary/aromatic N) is 4. The first-order chi connectivity index (χ1) is 15.0. The Bertz CT molecular complexity index is 957. The van der Waals surface area contributed by atoms with Crippen LogP contribution in [0.2, 0.25) is 5.02 Å². The van der Waals surface area contributed by atoms with E-state index in [2.05, 4.69) is 22.6 Å². The second-order valence-electron chi connectivity index (χ2n) is 9.11. The number of rotatable bonds is 6. The van der Waals surface area contributed by atoms with E-state index in [1.807, 2.05) is 15.8 Å². The minimum absolute atomic E-state index is 0.000687. The second-order valence-corrected chi connectivity index (χ2v) is 9.54. The number of amides is 2. The molecule has 1 saturated heterocycles. The van der Waals surface area contributed by atoms with E-state index in [0.29, 0.717) is 40.1 Å². The monoisotopic (exact) mass is 441 g/mol. The van der Waals surface area contributed by atoms with E-state index in [0.717, 1.165) is 45.2 Å². The lowest BCUT2D eigenvalue weighted by molar-refractivity contribution is 0.0786. The van der Waals surface area contributed by atoms with Crippen molar-refractivity contribution in [1.82, 2.24) is 25.2 Å². The molecule has 0 spiro atoms. The predicted octanol–water partition coefficient (Wildman–Crippen LogP) is 3.57. The zero-order valence-electron chi connectivity index (χ0n) is 17.7. The van der Waals surface area contributed by atoms with E-state index >= 15 is 0 Å². The first-order valence-corrected chi connectivity index (χ1v) is 11.7. The summed E-state index contributed by atoms with van der Waals surface area (Å²) in [4.78, 5) is 27.0. The lowest BCUT2D eigenvalue weighted by Gasteiger charge is -2.21. The van der Waals surface area contributed by atoms with Gasteiger partial charge in [0.1, 0.15) is 0 Å². The minimum Gasteiger partial charge on any atom is -0.349 e. The van der Waals surface area contributed by atoms with Crippen molar-refractivity contribution < 1.29 is 9.59 Å². The van der Waals surface area contributed by atoms with Crippen LogP contribution in [0.25, 0.3) is 0 Å². The summed E-state index contributed by atoms with van der Waals surface area (Å²) in [5.41, 5.74) is 1.10. The van der Waals surface area contributed by atoms with Gasteiger partial charge >= 0.3 is 0 Å². The molecule has 3 aliphatic rings. The smallest absolute Gasteiger partial charge is 0.276 e. The fourth-order valence-corrected chi connectivity index (χ4v) is 5.76. The highest BCUT2D eigenvalue weighted by Crippen LogP contribution is 2.62. The minimum atomic E-state index is -0.0358. The Morgan fingerprint density at radius 2 is 1.84 bits per heavy atom. The molecule has 7 nitrogen and oxygen atoms in total. The highest BCUT2D eigenvalue weighted by Gasteiger charge is 2.59. The number of fused-ring (bicyclic) bond motifs is 1. The lowest BCUT2D eigenvalue weighted by Crippen LogP contribution is -2.37. The first kappa shape index (κ1) is 20.5. The fraction of sp³-hybridized carbons (Fsp3) is 0.565. The summed E-state index contributed by atoms with van der Waals surface area (Å²) < 4.78 is 1.89. The van der Waals surface area contributed by atoms with Gasteiger partial charge in [0.25, 0.3) is 11.8 Å². The number of hydrogen-bond acceptors (Lipinski definition) is 4. The molecule has 2 amide bonds. The van der Waals surface area contributed by atoms with Crippen LogP contribution in [0.4, 0.5) is 0 Å². The molecule has 2 heterocycles. The van der Waals surface area contributed by atoms with E-state index < -0.39 is 0 Å². The number of carbonyl (C=O) groups excluding carboxylic acids is 2. The van der Waals surface area contributed by atoms with Crippen LogP contribution in [0.1, 0.15) is 65.9 Å². The third kappa shape index (κ3) is 3.95. The number of halogens is 1. The third-order valence-electron chi connectivity index (χ3n) is 7.31. The Labute approximate surface area is 187 Å². The van der Waals surface area contributed by atoms with Crippen LogP contribution in [0, 0.1) is 17.8 Å². The molecular formula is C23H28ClN5O2. The lowest BCUT2D eigenvalue weighted by atomic mass is 9.99. The predicted molar refractivity (Wildman–Crippen MR) is 117 cm³/mol. The molecule has 2 aliphatic carbocycles. The summed E-state index contributed by atoms with van der Waals surface area (Å²) in [6.45, 7) is 3.77. The topological polar surface area (TPSA) is 80.1 Å². The molecule has 1 aliphatic heterocycles. The van der Waals surface area contributed by atoms with Crippen LogP contribution in [0.5, 0.6) is 0 Å². The van der Waals surface area contributed by atoms with Gasteiger partial charge in [-0.1, -0.05) is 23.7 Å². The summed E-state index contributed by atoms with van der Waals surface area (Å²) in [5, 5.41) is 12.3. The van der Waals surface area contributed by atoms with Gasteiger partial charge in [0.15, 0.2) is 5.69 Å². The standard InChI is InChI=1S/C23H28ClN5O2/c1-2-19(25-22(30)14-5-7-15(24)8-6-14)21-17-11-16(12-18(17)21)29-13-20(26-27-29)23(31)28-9-3-4-10-28/h5-8,13,16-19,21H,2-4,9-12H2,1H3,(H,25,30)/t16?,17-,18+,19?,21?. The van der Waals surface area contributed by atoms with Crippen molar-refractivity contribution in [2.45, 2.75) is 51.1 Å². The van der Waals surface area contributed by atoms with Crippen LogP contribution in [0.3, 0.4) is 0 Å². The van der Waals surface area contributed by atoms with Gasteiger partial charge in [-0.2, -0.15) is 0 Å². The number of hydrogen-bond donors (Lipinski definition) is 1. The molecule has 31 heavy (non-hydrogen) atoms. The Morgan fingerprint density at radius 3 is 2.48 bits per heavy atom. The number of carbonyl (C=O) groups is 2. The molecule has 0 radical (unpaired) electrons. The average Bonchev–Trinajstić information content (AvgIpc) is 3.32. The molecule has 1 aromatic carbocycles. The molecule has 3 unspecified atom stereocenters. The molecule has 5 atom stereocenters. The molecule has 8 heteroatoms. The van der Waals surface area contributed by atoms with Crippen molar-refractivity contribution in [2.24, 2.45) is 17.8 Å². The molecular weight excluding hydrogens is 414 g/mol. The van der Waals surface area contributed by atoms with Crippen LogP contribution in [0.15, 0.2) is 30.5 Å². The summed E-state index contributed by atoms with van der Waals surface area (Å²) in [5.74, 6) is 1.68. The highest BCUT2D eigenvalue weighted by molar-refractivity contribution is 6.30. The number of benzene rings is 1. The van der Waals surface area contributed by atoms with E-state index in [1.165, 1.54) is 0 Å². The molecule has 3 fully saturated rings. The van der Waals surface area contributed by atoms with Gasteiger partial charge in [-0.25, -0.2) is 4.68 Å². The zero-order valence-corrected chi connectivity index (χ0v) is 18.5. The number of nitrogens with one attached hydrogen (secondary N) is 1. The maximum absolute atomic E-state index is 12.6. The summed E-state index contributed by atoms with van der Waals surface area (Å²) >= 11 is 5.93. The van der Waals surface area contributed by atoms with Crippen LogP contribution in [-0.4, -0.2) is 50.8 Å². The second kappa shape index (κ2) is 8.26. The Balaban J connectivity index is 1.17. The van der Waals surface area contributed by atoms with Crippen molar-refractivity contribution in [3.05, 3.63) is 46.7 Å². The Kier molecular flexibility index (Phi) is 5.46. The number of likely N-dealkylation sites (tertiary alicyclic amines) is 1. The summed E-state index contributed by atoms with van der Waals surface area (Å²) in [6.07, 6.45) is 6.94. The highest BCUT2D eigenvalue weighted by atomic mass is 35.5. The first-order valence-electron chi connectivity index (χ1n) is 11.3. The fourth-order valence-electron chi connectivity index (χ4n) is 5.63. The molecule has 1 aromatic heterocycles. The SMILES string of the molecule is CCC(NC(=O)c1ccc(Cl)cc1)C1[C@H]2CC(n3cc(C(=O)N4CCCC4)nn3)C[C@@H]12. The maximum atomic E-state index is 12.6. The van der Waals surface area contributed by atoms with Gasteiger partial charge in [0, 0.05) is 29.7 Å². The summed E-state index contributed by atoms with van der Waals surface area (Å²) in [6, 6.07) is 7.49. The maximum Gasteiger partial charge on any atom is 0.276 e. The van der Waals surface area contributed by atoms with Crippen molar-refractivity contribution in [1.29, 1.82) is 0 Å². The molecule has 2 saturated carbocycles. The van der Waals surface area contributed by atoms with Gasteiger partial charge in [-0.05, 0) is 74.1 Å². The molecule has 0 bridgehead atoms. The largest absolute Gasteiger partial charge is 0.349 e. The zero-order chi connectivity index (χ0) is 21.5. The van der Waals surface area contributed by atoms with Crippen LogP contribution >= 0.6 is 11.6 Å². The van der Waals surface area contributed by atoms with Crippen molar-refractivity contribution in [3.8, 4) is 0 Å². The van der Waals surface area contributed by atoms with Gasteiger partial charge in [0.2, 0.25) is 0 Å². The normalized spacial score (nSPS) is 27.7.